The van der Waals surface area contributed by atoms with E-state index in [-0.39, 0.29) is 0 Å². The highest BCUT2D eigenvalue weighted by molar-refractivity contribution is 5.30. The predicted octanol–water partition coefficient (Wildman–Crippen LogP) is 1.64. The molecule has 1 aliphatic heterocycles. The smallest absolute Gasteiger partial charge is 0.0323 e. The fourth-order valence-electron chi connectivity index (χ4n) is 2.82. The van der Waals surface area contributed by atoms with Crippen molar-refractivity contribution in [1.29, 1.82) is 0 Å². The minimum absolute atomic E-state index is 0.592. The molecule has 0 aliphatic carbocycles. The van der Waals surface area contributed by atoms with Crippen LogP contribution in [-0.2, 0) is 6.54 Å². The molecule has 1 aromatic rings. The van der Waals surface area contributed by atoms with Crippen molar-refractivity contribution in [3.05, 3.63) is 34.9 Å². The Balaban J connectivity index is 1.89. The molecule has 1 fully saturated rings. The SMILES string of the molecule is Cc1ccc(C)c(CN(C)CC2CN(C)CCN2)c1. The molecule has 0 amide bonds. The van der Waals surface area contributed by atoms with Crippen LogP contribution in [0.4, 0.5) is 0 Å². The van der Waals surface area contributed by atoms with E-state index in [0.717, 1.165) is 32.7 Å². The zero-order chi connectivity index (χ0) is 13.8. The fourth-order valence-corrected chi connectivity index (χ4v) is 2.82. The van der Waals surface area contributed by atoms with Gasteiger partial charge in [0.25, 0.3) is 0 Å². The summed E-state index contributed by atoms with van der Waals surface area (Å²) in [7, 11) is 4.43. The van der Waals surface area contributed by atoms with E-state index in [4.69, 9.17) is 0 Å². The van der Waals surface area contributed by atoms with Gasteiger partial charge < -0.3 is 15.1 Å². The summed E-state index contributed by atoms with van der Waals surface area (Å²) in [6, 6.07) is 7.32. The molecule has 1 saturated heterocycles. The van der Waals surface area contributed by atoms with E-state index in [1.54, 1.807) is 0 Å². The summed E-state index contributed by atoms with van der Waals surface area (Å²) in [6.07, 6.45) is 0. The van der Waals surface area contributed by atoms with E-state index in [1.165, 1.54) is 16.7 Å². The number of aryl methyl sites for hydroxylation is 2. The fraction of sp³-hybridized carbons (Fsp3) is 0.625. The van der Waals surface area contributed by atoms with Gasteiger partial charge in [-0.25, -0.2) is 0 Å². The third-order valence-electron chi connectivity index (χ3n) is 3.94. The summed E-state index contributed by atoms with van der Waals surface area (Å²) < 4.78 is 0. The molecule has 1 aromatic carbocycles. The molecule has 0 spiro atoms. The number of piperazine rings is 1. The van der Waals surface area contributed by atoms with Crippen molar-refractivity contribution in [3.63, 3.8) is 0 Å². The zero-order valence-corrected chi connectivity index (χ0v) is 12.7. The molecular weight excluding hydrogens is 234 g/mol. The lowest BCUT2D eigenvalue weighted by Gasteiger charge is -2.33. The van der Waals surface area contributed by atoms with Gasteiger partial charge in [0.05, 0.1) is 0 Å². The summed E-state index contributed by atoms with van der Waals surface area (Å²) in [5, 5.41) is 3.61. The van der Waals surface area contributed by atoms with E-state index < -0.39 is 0 Å². The number of hydrogen-bond acceptors (Lipinski definition) is 3. The van der Waals surface area contributed by atoms with Crippen molar-refractivity contribution in [2.45, 2.75) is 26.4 Å². The minimum Gasteiger partial charge on any atom is -0.310 e. The van der Waals surface area contributed by atoms with Crippen LogP contribution in [0.5, 0.6) is 0 Å². The first-order valence-corrected chi connectivity index (χ1v) is 7.21. The van der Waals surface area contributed by atoms with Crippen LogP contribution in [-0.4, -0.2) is 56.1 Å². The maximum absolute atomic E-state index is 3.61. The highest BCUT2D eigenvalue weighted by Gasteiger charge is 2.18. The van der Waals surface area contributed by atoms with Crippen LogP contribution in [0.25, 0.3) is 0 Å². The molecule has 0 radical (unpaired) electrons. The second-order valence-corrected chi connectivity index (χ2v) is 6.04. The normalized spacial score (nSPS) is 21.0. The van der Waals surface area contributed by atoms with Crippen molar-refractivity contribution >= 4 is 0 Å². The number of benzene rings is 1. The third kappa shape index (κ3) is 4.30. The largest absolute Gasteiger partial charge is 0.310 e. The van der Waals surface area contributed by atoms with Crippen molar-refractivity contribution < 1.29 is 0 Å². The van der Waals surface area contributed by atoms with Gasteiger partial charge in [-0.1, -0.05) is 23.8 Å². The first kappa shape index (κ1) is 14.5. The Bertz CT molecular complexity index is 416. The molecule has 2 rings (SSSR count). The van der Waals surface area contributed by atoms with E-state index in [0.29, 0.717) is 6.04 Å². The lowest BCUT2D eigenvalue weighted by molar-refractivity contribution is 0.192. The Kier molecular flexibility index (Phi) is 4.97. The van der Waals surface area contributed by atoms with Crippen LogP contribution >= 0.6 is 0 Å². The highest BCUT2D eigenvalue weighted by atomic mass is 15.2. The molecule has 3 nitrogen and oxygen atoms in total. The van der Waals surface area contributed by atoms with Crippen LogP contribution in [0.1, 0.15) is 16.7 Å². The maximum Gasteiger partial charge on any atom is 0.0323 e. The van der Waals surface area contributed by atoms with E-state index in [2.05, 4.69) is 61.3 Å². The Morgan fingerprint density at radius 2 is 2.16 bits per heavy atom. The van der Waals surface area contributed by atoms with Gasteiger partial charge >= 0.3 is 0 Å². The van der Waals surface area contributed by atoms with Gasteiger partial charge in [-0.05, 0) is 39.1 Å². The van der Waals surface area contributed by atoms with Gasteiger partial charge in [-0.15, -0.1) is 0 Å². The van der Waals surface area contributed by atoms with Crippen molar-refractivity contribution in [1.82, 2.24) is 15.1 Å². The number of nitrogens with zero attached hydrogens (tertiary/aromatic N) is 2. The van der Waals surface area contributed by atoms with E-state index in [1.807, 2.05) is 0 Å². The molecule has 1 aliphatic rings. The molecule has 0 bridgehead atoms. The number of rotatable bonds is 4. The lowest BCUT2D eigenvalue weighted by Crippen LogP contribution is -2.53. The summed E-state index contributed by atoms with van der Waals surface area (Å²) in [5.74, 6) is 0. The summed E-state index contributed by atoms with van der Waals surface area (Å²) >= 11 is 0. The van der Waals surface area contributed by atoms with Crippen LogP contribution in [0, 0.1) is 13.8 Å². The Hall–Kier alpha value is -0.900. The zero-order valence-electron chi connectivity index (χ0n) is 12.7. The molecule has 0 aromatic heterocycles. The Morgan fingerprint density at radius 3 is 2.89 bits per heavy atom. The van der Waals surface area contributed by atoms with Crippen molar-refractivity contribution in [2.24, 2.45) is 0 Å². The molecule has 106 valence electrons. The monoisotopic (exact) mass is 261 g/mol. The van der Waals surface area contributed by atoms with Crippen LogP contribution < -0.4 is 5.32 Å². The molecule has 1 unspecified atom stereocenters. The molecule has 1 N–H and O–H groups in total. The van der Waals surface area contributed by atoms with E-state index in [9.17, 15) is 0 Å². The van der Waals surface area contributed by atoms with Crippen molar-refractivity contribution in [3.8, 4) is 0 Å². The standard InChI is InChI=1S/C16H27N3/c1-13-5-6-14(2)15(9-13)10-19(4)12-16-11-18(3)8-7-17-16/h5-6,9,16-17H,7-8,10-12H2,1-4H3. The quantitative estimate of drug-likeness (QED) is 0.889. The third-order valence-corrected chi connectivity index (χ3v) is 3.94. The topological polar surface area (TPSA) is 18.5 Å². The molecule has 3 heteroatoms. The molecule has 1 atom stereocenters. The Labute approximate surface area is 117 Å². The van der Waals surface area contributed by atoms with Gasteiger partial charge in [0.15, 0.2) is 0 Å². The second-order valence-electron chi connectivity index (χ2n) is 6.04. The predicted molar refractivity (Wildman–Crippen MR) is 81.5 cm³/mol. The first-order valence-electron chi connectivity index (χ1n) is 7.21. The lowest BCUT2D eigenvalue weighted by atomic mass is 10.1. The summed E-state index contributed by atoms with van der Waals surface area (Å²) in [4.78, 5) is 4.84. The average molecular weight is 261 g/mol. The number of nitrogens with one attached hydrogen (secondary N) is 1. The minimum atomic E-state index is 0.592. The van der Waals surface area contributed by atoms with Crippen LogP contribution in [0.3, 0.4) is 0 Å². The van der Waals surface area contributed by atoms with Crippen LogP contribution in [0.15, 0.2) is 18.2 Å². The van der Waals surface area contributed by atoms with Gasteiger partial charge in [0.1, 0.15) is 0 Å². The second kappa shape index (κ2) is 6.51. The molecular formula is C16H27N3. The number of hydrogen-bond donors (Lipinski definition) is 1. The molecule has 19 heavy (non-hydrogen) atoms. The first-order chi connectivity index (χ1) is 9.04. The highest BCUT2D eigenvalue weighted by Crippen LogP contribution is 2.13. The summed E-state index contributed by atoms with van der Waals surface area (Å²) in [5.41, 5.74) is 4.20. The number of likely N-dealkylation sites (N-methyl/N-ethyl adjacent to an activating group) is 2. The van der Waals surface area contributed by atoms with Crippen LogP contribution in [0.2, 0.25) is 0 Å². The Morgan fingerprint density at radius 1 is 1.37 bits per heavy atom. The van der Waals surface area contributed by atoms with Crippen molar-refractivity contribution in [2.75, 3.05) is 40.3 Å². The van der Waals surface area contributed by atoms with Gasteiger partial charge in [-0.2, -0.15) is 0 Å². The molecule has 0 saturated carbocycles. The maximum atomic E-state index is 3.61. The molecule has 1 heterocycles. The van der Waals surface area contributed by atoms with Gasteiger partial charge in [-0.3, -0.25) is 0 Å². The summed E-state index contributed by atoms with van der Waals surface area (Å²) in [6.45, 7) is 9.94. The average Bonchev–Trinajstić information content (AvgIpc) is 2.34. The van der Waals surface area contributed by atoms with Gasteiger partial charge in [0, 0.05) is 38.8 Å². The van der Waals surface area contributed by atoms with E-state index >= 15 is 0 Å². The van der Waals surface area contributed by atoms with Gasteiger partial charge in [0.2, 0.25) is 0 Å².